The lowest BCUT2D eigenvalue weighted by Crippen LogP contribution is -1.97. The van der Waals surface area contributed by atoms with Crippen LogP contribution in [-0.2, 0) is 6.67 Å². The summed E-state index contributed by atoms with van der Waals surface area (Å²) in [6.45, 7) is 0.690. The molecule has 0 atom stereocenters. The third-order valence-electron chi connectivity index (χ3n) is 1.51. The molecule has 66 valence electrons. The number of hydrogen-bond acceptors (Lipinski definition) is 1. The number of rotatable bonds is 2. The van der Waals surface area contributed by atoms with Crippen molar-refractivity contribution >= 4 is 0 Å². The van der Waals surface area contributed by atoms with Crippen LogP contribution in [0.15, 0.2) is 12.1 Å². The molecular formula is C8H8F3N. The van der Waals surface area contributed by atoms with Gasteiger partial charge in [0.25, 0.3) is 6.43 Å². The van der Waals surface area contributed by atoms with Crippen LogP contribution in [0.5, 0.6) is 0 Å². The van der Waals surface area contributed by atoms with Crippen molar-refractivity contribution < 1.29 is 13.2 Å². The smallest absolute Gasteiger partial charge is 0.255 e. The molecule has 0 aliphatic carbocycles. The zero-order valence-corrected chi connectivity index (χ0v) is 6.52. The number of alkyl halides is 3. The molecule has 0 fully saturated rings. The third kappa shape index (κ3) is 1.75. The highest BCUT2D eigenvalue weighted by molar-refractivity contribution is 5.23. The van der Waals surface area contributed by atoms with Crippen molar-refractivity contribution in [2.24, 2.45) is 0 Å². The fraction of sp³-hybridized carbons (Fsp3) is 0.375. The van der Waals surface area contributed by atoms with Crippen molar-refractivity contribution in [1.82, 2.24) is 4.98 Å². The summed E-state index contributed by atoms with van der Waals surface area (Å²) in [6, 6.07) is 2.66. The van der Waals surface area contributed by atoms with Gasteiger partial charge in [0.15, 0.2) is 0 Å². The van der Waals surface area contributed by atoms with Gasteiger partial charge in [0.2, 0.25) is 0 Å². The second-order valence-electron chi connectivity index (χ2n) is 2.42. The Labute approximate surface area is 68.2 Å². The van der Waals surface area contributed by atoms with Crippen molar-refractivity contribution in [3.8, 4) is 0 Å². The maximum absolute atomic E-state index is 12.1. The van der Waals surface area contributed by atoms with Crippen LogP contribution in [0, 0.1) is 6.92 Å². The number of nitrogens with zero attached hydrogens (tertiary/aromatic N) is 1. The first kappa shape index (κ1) is 9.03. The number of hydrogen-bond donors (Lipinski definition) is 0. The van der Waals surface area contributed by atoms with Crippen molar-refractivity contribution in [3.05, 3.63) is 29.1 Å². The minimum Gasteiger partial charge on any atom is -0.255 e. The number of halogens is 3. The Hall–Kier alpha value is -1.06. The summed E-state index contributed by atoms with van der Waals surface area (Å²) in [7, 11) is 0. The fourth-order valence-corrected chi connectivity index (χ4v) is 0.927. The van der Waals surface area contributed by atoms with Crippen LogP contribution < -0.4 is 0 Å². The topological polar surface area (TPSA) is 12.9 Å². The molecule has 4 heteroatoms. The van der Waals surface area contributed by atoms with Crippen molar-refractivity contribution in [3.63, 3.8) is 0 Å². The maximum Gasteiger partial charge on any atom is 0.265 e. The summed E-state index contributed by atoms with van der Waals surface area (Å²) >= 11 is 0. The maximum atomic E-state index is 12.1. The lowest BCUT2D eigenvalue weighted by molar-refractivity contribution is 0.148. The van der Waals surface area contributed by atoms with E-state index in [1.807, 2.05) is 0 Å². The SMILES string of the molecule is Cc1ccc(C(F)F)c(CF)n1. The van der Waals surface area contributed by atoms with Gasteiger partial charge in [-0.3, -0.25) is 4.98 Å². The summed E-state index contributed by atoms with van der Waals surface area (Å²) in [5.74, 6) is 0. The highest BCUT2D eigenvalue weighted by atomic mass is 19.3. The van der Waals surface area contributed by atoms with E-state index >= 15 is 0 Å². The predicted octanol–water partition coefficient (Wildman–Crippen LogP) is 2.80. The van der Waals surface area contributed by atoms with Crippen molar-refractivity contribution in [2.45, 2.75) is 20.0 Å². The Bertz CT molecular complexity index is 273. The van der Waals surface area contributed by atoms with Gasteiger partial charge in [0.05, 0.1) is 5.69 Å². The van der Waals surface area contributed by atoms with Crippen LogP contribution in [0.4, 0.5) is 13.2 Å². The fourth-order valence-electron chi connectivity index (χ4n) is 0.927. The average molecular weight is 175 g/mol. The Morgan fingerprint density at radius 1 is 1.42 bits per heavy atom. The Morgan fingerprint density at radius 2 is 2.08 bits per heavy atom. The normalized spacial score (nSPS) is 10.8. The molecule has 0 bridgehead atoms. The number of aryl methyl sites for hydroxylation is 1. The second-order valence-corrected chi connectivity index (χ2v) is 2.42. The van der Waals surface area contributed by atoms with E-state index in [0.717, 1.165) is 0 Å². The molecule has 0 aromatic carbocycles. The number of aromatic nitrogens is 1. The average Bonchev–Trinajstić information content (AvgIpc) is 2.03. The van der Waals surface area contributed by atoms with E-state index in [1.54, 1.807) is 6.92 Å². The van der Waals surface area contributed by atoms with Gasteiger partial charge in [-0.25, -0.2) is 13.2 Å². The molecule has 12 heavy (non-hydrogen) atoms. The molecule has 0 N–H and O–H groups in total. The van der Waals surface area contributed by atoms with E-state index in [1.165, 1.54) is 12.1 Å². The molecule has 0 spiro atoms. The van der Waals surface area contributed by atoms with Crippen LogP contribution >= 0.6 is 0 Å². The van der Waals surface area contributed by atoms with Crippen LogP contribution in [0.2, 0.25) is 0 Å². The van der Waals surface area contributed by atoms with Crippen molar-refractivity contribution in [2.75, 3.05) is 0 Å². The third-order valence-corrected chi connectivity index (χ3v) is 1.51. The van der Waals surface area contributed by atoms with E-state index in [2.05, 4.69) is 4.98 Å². The van der Waals surface area contributed by atoms with E-state index in [4.69, 9.17) is 0 Å². The molecule has 0 aliphatic heterocycles. The molecule has 0 aliphatic rings. The van der Waals surface area contributed by atoms with E-state index in [0.29, 0.717) is 5.69 Å². The zero-order chi connectivity index (χ0) is 9.14. The first-order chi connectivity index (χ1) is 5.65. The first-order valence-electron chi connectivity index (χ1n) is 3.45. The summed E-state index contributed by atoms with van der Waals surface area (Å²) in [5.41, 5.74) is 0.0696. The molecular weight excluding hydrogens is 167 g/mol. The summed E-state index contributed by atoms with van der Waals surface area (Å²) < 4.78 is 36.4. The summed E-state index contributed by atoms with van der Waals surface area (Å²) in [6.07, 6.45) is -2.65. The van der Waals surface area contributed by atoms with Gasteiger partial charge in [0.1, 0.15) is 6.67 Å². The van der Waals surface area contributed by atoms with Crippen molar-refractivity contribution in [1.29, 1.82) is 0 Å². The van der Waals surface area contributed by atoms with Gasteiger partial charge in [-0.15, -0.1) is 0 Å². The molecule has 0 unspecified atom stereocenters. The standard InChI is InChI=1S/C8H8F3N/c1-5-2-3-6(8(10)11)7(4-9)12-5/h2-3,8H,4H2,1H3. The Balaban J connectivity index is 3.11. The largest absolute Gasteiger partial charge is 0.265 e. The summed E-state index contributed by atoms with van der Waals surface area (Å²) in [4.78, 5) is 3.66. The molecule has 0 amide bonds. The van der Waals surface area contributed by atoms with E-state index in [-0.39, 0.29) is 11.3 Å². The lowest BCUT2D eigenvalue weighted by atomic mass is 10.2. The number of pyridine rings is 1. The van der Waals surface area contributed by atoms with E-state index in [9.17, 15) is 13.2 Å². The minimum atomic E-state index is -2.65. The van der Waals surface area contributed by atoms with Crippen LogP contribution in [0.1, 0.15) is 23.4 Å². The van der Waals surface area contributed by atoms with Gasteiger partial charge in [-0.2, -0.15) is 0 Å². The van der Waals surface area contributed by atoms with Crippen LogP contribution in [0.25, 0.3) is 0 Å². The lowest BCUT2D eigenvalue weighted by Gasteiger charge is -2.04. The highest BCUT2D eigenvalue weighted by Crippen LogP contribution is 2.22. The Morgan fingerprint density at radius 3 is 2.58 bits per heavy atom. The second kappa shape index (κ2) is 3.56. The molecule has 1 nitrogen and oxygen atoms in total. The van der Waals surface area contributed by atoms with Gasteiger partial charge < -0.3 is 0 Å². The van der Waals surface area contributed by atoms with Crippen LogP contribution in [0.3, 0.4) is 0 Å². The van der Waals surface area contributed by atoms with E-state index < -0.39 is 13.1 Å². The molecule has 1 rings (SSSR count). The quantitative estimate of drug-likeness (QED) is 0.673. The molecule has 0 saturated carbocycles. The molecule has 0 saturated heterocycles. The predicted molar refractivity (Wildman–Crippen MR) is 38.7 cm³/mol. The molecule has 1 aromatic heterocycles. The summed E-state index contributed by atoms with van der Waals surface area (Å²) in [5, 5.41) is 0. The highest BCUT2D eigenvalue weighted by Gasteiger charge is 2.13. The monoisotopic (exact) mass is 175 g/mol. The molecule has 1 aromatic rings. The minimum absolute atomic E-state index is 0.162. The van der Waals surface area contributed by atoms with Gasteiger partial charge in [0, 0.05) is 11.3 Å². The first-order valence-corrected chi connectivity index (χ1v) is 3.45. The Kier molecular flexibility index (Phi) is 2.68. The zero-order valence-electron chi connectivity index (χ0n) is 6.52. The molecule has 0 radical (unpaired) electrons. The van der Waals surface area contributed by atoms with Crippen LogP contribution in [-0.4, -0.2) is 4.98 Å². The van der Waals surface area contributed by atoms with Gasteiger partial charge in [-0.05, 0) is 19.1 Å². The molecule has 1 heterocycles. The van der Waals surface area contributed by atoms with Gasteiger partial charge >= 0.3 is 0 Å². The van der Waals surface area contributed by atoms with Gasteiger partial charge in [-0.1, -0.05) is 0 Å².